The monoisotopic (exact) mass is 318 g/mol. The number of carbonyl (C=O) groups is 1. The van der Waals surface area contributed by atoms with Crippen molar-refractivity contribution in [1.29, 1.82) is 0 Å². The average molecular weight is 318 g/mol. The summed E-state index contributed by atoms with van der Waals surface area (Å²) in [5.41, 5.74) is 4.50. The quantitative estimate of drug-likeness (QED) is 0.550. The van der Waals surface area contributed by atoms with Gasteiger partial charge >= 0.3 is 13.1 Å². The molecule has 0 aromatic rings. The SMILES string of the molecule is CCB(O)O.CCN(CC)C[C@@H]1CCCC[C@@H]1C(=O)O.CN. The molecule has 22 heavy (non-hydrogen) atoms. The second-order valence-corrected chi connectivity index (χ2v) is 5.36. The van der Waals surface area contributed by atoms with Gasteiger partial charge in [-0.2, -0.15) is 0 Å². The van der Waals surface area contributed by atoms with Crippen molar-refractivity contribution in [2.75, 3.05) is 26.7 Å². The molecule has 0 amide bonds. The molecule has 5 N–H and O–H groups in total. The van der Waals surface area contributed by atoms with Crippen molar-refractivity contribution in [3.63, 3.8) is 0 Å². The molecule has 0 bridgehead atoms. The molecule has 0 aliphatic heterocycles. The minimum absolute atomic E-state index is 0.0978. The smallest absolute Gasteiger partial charge is 0.451 e. The Kier molecular flexibility index (Phi) is 16.4. The highest BCUT2D eigenvalue weighted by Gasteiger charge is 2.31. The first-order valence-electron chi connectivity index (χ1n) is 8.35. The van der Waals surface area contributed by atoms with Crippen molar-refractivity contribution >= 4 is 13.1 Å². The Morgan fingerprint density at radius 1 is 1.14 bits per heavy atom. The lowest BCUT2D eigenvalue weighted by Gasteiger charge is -2.32. The zero-order chi connectivity index (χ0) is 17.5. The Morgan fingerprint density at radius 2 is 1.59 bits per heavy atom. The Bertz CT molecular complexity index is 264. The summed E-state index contributed by atoms with van der Waals surface area (Å²) in [4.78, 5) is 13.4. The molecular weight excluding hydrogens is 283 g/mol. The molecule has 1 saturated carbocycles. The van der Waals surface area contributed by atoms with Gasteiger partial charge in [0.05, 0.1) is 5.92 Å². The Balaban J connectivity index is 0. The molecule has 0 aromatic heterocycles. The molecule has 2 atom stereocenters. The highest BCUT2D eigenvalue weighted by molar-refractivity contribution is 6.40. The summed E-state index contributed by atoms with van der Waals surface area (Å²) in [6.45, 7) is 9.00. The standard InChI is InChI=1S/C12H23NO2.C2H7BO2.CH5N/c1-3-13(4-2)9-10-7-5-6-8-11(10)12(14)15;1-2-3(4)5;1-2/h10-11H,3-9H2,1-2H3,(H,14,15);4-5H,2H2,1H3;2H2,1H3/t10-,11-;;/m0../s1. The number of hydrogen-bond donors (Lipinski definition) is 4. The average Bonchev–Trinajstić information content (AvgIpc) is 2.55. The fourth-order valence-corrected chi connectivity index (χ4v) is 2.56. The number of aliphatic carboxylic acids is 1. The first kappa shape index (κ1) is 23.6. The van der Waals surface area contributed by atoms with Crippen molar-refractivity contribution in [1.82, 2.24) is 4.90 Å². The highest BCUT2D eigenvalue weighted by Crippen LogP contribution is 2.30. The normalized spacial score (nSPS) is 20.4. The minimum Gasteiger partial charge on any atom is -0.481 e. The minimum atomic E-state index is -1.12. The lowest BCUT2D eigenvalue weighted by atomic mass is 9.79. The second-order valence-electron chi connectivity index (χ2n) is 5.36. The number of nitrogens with two attached hydrogens (primary N) is 1. The molecule has 0 spiro atoms. The van der Waals surface area contributed by atoms with Crippen molar-refractivity contribution in [3.05, 3.63) is 0 Å². The van der Waals surface area contributed by atoms with Crippen LogP contribution < -0.4 is 5.73 Å². The third-order valence-corrected chi connectivity index (χ3v) is 3.98. The largest absolute Gasteiger partial charge is 0.481 e. The van der Waals surface area contributed by atoms with Gasteiger partial charge < -0.3 is 25.8 Å². The summed E-state index contributed by atoms with van der Waals surface area (Å²) in [5, 5.41) is 25.0. The third-order valence-electron chi connectivity index (χ3n) is 3.98. The summed E-state index contributed by atoms with van der Waals surface area (Å²) < 4.78 is 0. The second kappa shape index (κ2) is 15.3. The van der Waals surface area contributed by atoms with E-state index in [1.807, 2.05) is 0 Å². The maximum atomic E-state index is 11.1. The van der Waals surface area contributed by atoms with Gasteiger partial charge in [0.25, 0.3) is 0 Å². The van der Waals surface area contributed by atoms with Gasteiger partial charge in [0.1, 0.15) is 0 Å². The van der Waals surface area contributed by atoms with Crippen molar-refractivity contribution < 1.29 is 19.9 Å². The van der Waals surface area contributed by atoms with Crippen molar-refractivity contribution in [3.8, 4) is 0 Å². The zero-order valence-corrected chi connectivity index (χ0v) is 14.7. The van der Waals surface area contributed by atoms with Crippen LogP contribution in [0.15, 0.2) is 0 Å². The van der Waals surface area contributed by atoms with E-state index in [2.05, 4.69) is 24.5 Å². The van der Waals surface area contributed by atoms with Gasteiger partial charge in [-0.15, -0.1) is 0 Å². The van der Waals surface area contributed by atoms with E-state index in [0.717, 1.165) is 38.9 Å². The van der Waals surface area contributed by atoms with E-state index in [1.54, 1.807) is 6.92 Å². The van der Waals surface area contributed by atoms with Crippen LogP contribution in [0.25, 0.3) is 0 Å². The van der Waals surface area contributed by atoms with Crippen LogP contribution in [0.2, 0.25) is 6.32 Å². The summed E-state index contributed by atoms with van der Waals surface area (Å²) in [7, 11) is 0.384. The van der Waals surface area contributed by atoms with E-state index >= 15 is 0 Å². The van der Waals surface area contributed by atoms with Gasteiger partial charge in [-0.25, -0.2) is 0 Å². The molecule has 0 unspecified atom stereocenters. The highest BCUT2D eigenvalue weighted by atomic mass is 16.4. The molecule has 7 heteroatoms. The fraction of sp³-hybridized carbons (Fsp3) is 0.933. The van der Waals surface area contributed by atoms with Gasteiger partial charge in [-0.1, -0.05) is 33.6 Å². The van der Waals surface area contributed by atoms with Crippen LogP contribution in [0.5, 0.6) is 0 Å². The van der Waals surface area contributed by atoms with E-state index in [0.29, 0.717) is 12.2 Å². The third kappa shape index (κ3) is 11.0. The van der Waals surface area contributed by atoms with E-state index in [9.17, 15) is 4.79 Å². The van der Waals surface area contributed by atoms with Crippen LogP contribution in [-0.2, 0) is 4.79 Å². The zero-order valence-electron chi connectivity index (χ0n) is 14.7. The maximum Gasteiger partial charge on any atom is 0.451 e. The van der Waals surface area contributed by atoms with E-state index in [1.165, 1.54) is 13.5 Å². The molecule has 1 rings (SSSR count). The van der Waals surface area contributed by atoms with Crippen LogP contribution >= 0.6 is 0 Å². The number of carboxylic acids is 1. The first-order chi connectivity index (χ1) is 10.5. The molecular formula is C15H35BN2O4. The summed E-state index contributed by atoms with van der Waals surface area (Å²) in [6, 6.07) is 0. The van der Waals surface area contributed by atoms with Crippen LogP contribution in [0.3, 0.4) is 0 Å². The van der Waals surface area contributed by atoms with Gasteiger partial charge in [-0.3, -0.25) is 4.79 Å². The lowest BCUT2D eigenvalue weighted by Crippen LogP contribution is -2.37. The Morgan fingerprint density at radius 3 is 1.95 bits per heavy atom. The molecule has 0 radical (unpaired) electrons. The number of rotatable bonds is 6. The van der Waals surface area contributed by atoms with Crippen molar-refractivity contribution in [2.24, 2.45) is 17.6 Å². The maximum absolute atomic E-state index is 11.1. The molecule has 0 heterocycles. The molecule has 0 saturated heterocycles. The predicted octanol–water partition coefficient (Wildman–Crippen LogP) is 1.27. The van der Waals surface area contributed by atoms with Gasteiger partial charge in [0, 0.05) is 6.54 Å². The molecule has 132 valence electrons. The summed E-state index contributed by atoms with van der Waals surface area (Å²) in [6.07, 6.45) is 4.68. The summed E-state index contributed by atoms with van der Waals surface area (Å²) >= 11 is 0. The van der Waals surface area contributed by atoms with Gasteiger partial charge in [0.15, 0.2) is 0 Å². The molecule has 1 fully saturated rings. The Hall–Kier alpha value is -0.625. The van der Waals surface area contributed by atoms with E-state index in [4.69, 9.17) is 15.2 Å². The molecule has 0 aromatic carbocycles. The number of hydrogen-bond acceptors (Lipinski definition) is 5. The van der Waals surface area contributed by atoms with Crippen LogP contribution in [-0.4, -0.2) is 59.8 Å². The lowest BCUT2D eigenvalue weighted by molar-refractivity contribution is -0.145. The summed E-state index contributed by atoms with van der Waals surface area (Å²) in [5.74, 6) is -0.317. The van der Waals surface area contributed by atoms with Crippen LogP contribution in [0.1, 0.15) is 46.5 Å². The number of nitrogens with zero attached hydrogens (tertiary/aromatic N) is 1. The van der Waals surface area contributed by atoms with E-state index in [-0.39, 0.29) is 5.92 Å². The Labute approximate surface area is 135 Å². The number of carboxylic acid groups (broad SMARTS) is 1. The van der Waals surface area contributed by atoms with Crippen molar-refractivity contribution in [2.45, 2.75) is 52.8 Å². The predicted molar refractivity (Wildman–Crippen MR) is 91.7 cm³/mol. The molecule has 6 nitrogen and oxygen atoms in total. The topological polar surface area (TPSA) is 107 Å². The molecule has 1 aliphatic rings. The van der Waals surface area contributed by atoms with Crippen LogP contribution in [0.4, 0.5) is 0 Å². The first-order valence-corrected chi connectivity index (χ1v) is 8.35. The van der Waals surface area contributed by atoms with Crippen LogP contribution in [0, 0.1) is 11.8 Å². The fourth-order valence-electron chi connectivity index (χ4n) is 2.56. The van der Waals surface area contributed by atoms with Gasteiger partial charge in [0.2, 0.25) is 0 Å². The molecule has 1 aliphatic carbocycles. The van der Waals surface area contributed by atoms with Gasteiger partial charge in [-0.05, 0) is 45.2 Å². The van der Waals surface area contributed by atoms with E-state index < -0.39 is 13.1 Å².